The molecule has 2 N–H and O–H groups in total. The summed E-state index contributed by atoms with van der Waals surface area (Å²) in [6.45, 7) is 0. The Hall–Kier alpha value is -1.98. The number of rotatable bonds is 2. The zero-order valence-electron chi connectivity index (χ0n) is 10.9. The molecule has 1 saturated carbocycles. The highest BCUT2D eigenvalue weighted by Gasteiger charge is 2.32. The maximum Gasteiger partial charge on any atom is 0.416 e. The first kappa shape index (κ1) is 13.0. The SMILES string of the molecule is Cn1c(C2CC2)nc(-c2cccc(C(F)(F)F)c2)c1N. The molecule has 1 aromatic carbocycles. The van der Waals surface area contributed by atoms with Crippen LogP contribution in [0, 0.1) is 0 Å². The maximum atomic E-state index is 12.8. The van der Waals surface area contributed by atoms with E-state index in [2.05, 4.69) is 4.98 Å². The van der Waals surface area contributed by atoms with Crippen LogP contribution in [0.5, 0.6) is 0 Å². The van der Waals surface area contributed by atoms with Crippen LogP contribution in [0.2, 0.25) is 0 Å². The van der Waals surface area contributed by atoms with Crippen molar-refractivity contribution in [2.75, 3.05) is 5.73 Å². The summed E-state index contributed by atoms with van der Waals surface area (Å²) in [6.07, 6.45) is -2.24. The molecule has 1 aliphatic rings. The van der Waals surface area contributed by atoms with Crippen molar-refractivity contribution in [3.05, 3.63) is 35.7 Å². The second kappa shape index (κ2) is 4.26. The first-order valence-corrected chi connectivity index (χ1v) is 6.37. The van der Waals surface area contributed by atoms with Crippen LogP contribution in [0.1, 0.15) is 30.1 Å². The van der Waals surface area contributed by atoms with Gasteiger partial charge >= 0.3 is 6.18 Å². The maximum absolute atomic E-state index is 12.8. The van der Waals surface area contributed by atoms with Crippen LogP contribution < -0.4 is 5.73 Å². The number of hydrogen-bond acceptors (Lipinski definition) is 2. The van der Waals surface area contributed by atoms with Crippen molar-refractivity contribution in [3.8, 4) is 11.3 Å². The summed E-state index contributed by atoms with van der Waals surface area (Å²) >= 11 is 0. The summed E-state index contributed by atoms with van der Waals surface area (Å²) < 4.78 is 40.0. The van der Waals surface area contributed by atoms with E-state index in [1.807, 2.05) is 0 Å². The van der Waals surface area contributed by atoms with Crippen molar-refractivity contribution in [2.24, 2.45) is 7.05 Å². The van der Waals surface area contributed by atoms with Gasteiger partial charge in [0.2, 0.25) is 0 Å². The number of nitrogens with two attached hydrogens (primary N) is 1. The van der Waals surface area contributed by atoms with Crippen LogP contribution in [0.3, 0.4) is 0 Å². The van der Waals surface area contributed by atoms with Gasteiger partial charge in [-0.3, -0.25) is 0 Å². The lowest BCUT2D eigenvalue weighted by Crippen LogP contribution is -2.04. The first-order chi connectivity index (χ1) is 9.38. The van der Waals surface area contributed by atoms with Gasteiger partial charge in [-0.05, 0) is 25.0 Å². The molecule has 0 atom stereocenters. The Kier molecular flexibility index (Phi) is 2.77. The van der Waals surface area contributed by atoms with Crippen LogP contribution >= 0.6 is 0 Å². The third-order valence-electron chi connectivity index (χ3n) is 3.58. The predicted octanol–water partition coefficient (Wildman–Crippen LogP) is 3.57. The van der Waals surface area contributed by atoms with Crippen LogP contribution in [0.25, 0.3) is 11.3 Å². The second-order valence-corrected chi connectivity index (χ2v) is 5.12. The zero-order chi connectivity index (χ0) is 14.5. The minimum Gasteiger partial charge on any atom is -0.383 e. The largest absolute Gasteiger partial charge is 0.416 e. The number of aromatic nitrogens is 2. The first-order valence-electron chi connectivity index (χ1n) is 6.37. The molecule has 0 unspecified atom stereocenters. The van der Waals surface area contributed by atoms with E-state index in [0.29, 0.717) is 23.0 Å². The van der Waals surface area contributed by atoms with Gasteiger partial charge in [-0.15, -0.1) is 0 Å². The highest BCUT2D eigenvalue weighted by atomic mass is 19.4. The van der Waals surface area contributed by atoms with Gasteiger partial charge in [0, 0.05) is 18.5 Å². The molecular weight excluding hydrogens is 267 g/mol. The van der Waals surface area contributed by atoms with Crippen LogP contribution in [0.4, 0.5) is 19.0 Å². The lowest BCUT2D eigenvalue weighted by atomic mass is 10.1. The standard InChI is InChI=1S/C14H14F3N3/c1-20-12(18)11(19-13(20)8-5-6-8)9-3-2-4-10(7-9)14(15,16)17/h2-4,7-8H,5-6,18H2,1H3. The van der Waals surface area contributed by atoms with Gasteiger partial charge in [0.15, 0.2) is 0 Å². The van der Waals surface area contributed by atoms with Crippen molar-refractivity contribution in [1.82, 2.24) is 9.55 Å². The Bertz CT molecular complexity index is 654. The topological polar surface area (TPSA) is 43.8 Å². The molecule has 0 aliphatic heterocycles. The number of halogens is 3. The minimum absolute atomic E-state index is 0.391. The summed E-state index contributed by atoms with van der Waals surface area (Å²) in [7, 11) is 1.80. The Labute approximate surface area is 114 Å². The third-order valence-corrected chi connectivity index (χ3v) is 3.58. The average Bonchev–Trinajstić information content (AvgIpc) is 3.18. The summed E-state index contributed by atoms with van der Waals surface area (Å²) in [5.74, 6) is 1.66. The van der Waals surface area contributed by atoms with Crippen molar-refractivity contribution >= 4 is 5.82 Å². The molecule has 6 heteroatoms. The fourth-order valence-electron chi connectivity index (χ4n) is 2.29. The molecule has 1 aromatic heterocycles. The van der Waals surface area contributed by atoms with E-state index < -0.39 is 11.7 Å². The Balaban J connectivity index is 2.07. The molecule has 1 heterocycles. The van der Waals surface area contributed by atoms with Crippen LogP contribution in [0.15, 0.2) is 24.3 Å². The van der Waals surface area contributed by atoms with E-state index in [9.17, 15) is 13.2 Å². The highest BCUT2D eigenvalue weighted by Crippen LogP contribution is 2.42. The van der Waals surface area contributed by atoms with Gasteiger partial charge in [-0.25, -0.2) is 4.98 Å². The molecule has 1 aliphatic carbocycles. The monoisotopic (exact) mass is 281 g/mol. The number of nitrogens with zero attached hydrogens (tertiary/aromatic N) is 2. The molecule has 0 radical (unpaired) electrons. The van der Waals surface area contributed by atoms with Crippen molar-refractivity contribution in [3.63, 3.8) is 0 Å². The number of nitrogen functional groups attached to an aromatic ring is 1. The number of anilines is 1. The van der Waals surface area contributed by atoms with Crippen LogP contribution in [-0.4, -0.2) is 9.55 Å². The fraction of sp³-hybridized carbons (Fsp3) is 0.357. The smallest absolute Gasteiger partial charge is 0.383 e. The predicted molar refractivity (Wildman–Crippen MR) is 70.0 cm³/mol. The summed E-state index contributed by atoms with van der Waals surface area (Å²) in [5.41, 5.74) is 6.13. The van der Waals surface area contributed by atoms with Crippen LogP contribution in [-0.2, 0) is 13.2 Å². The van der Waals surface area contributed by atoms with Gasteiger partial charge in [-0.2, -0.15) is 13.2 Å². The van der Waals surface area contributed by atoms with E-state index in [0.717, 1.165) is 30.8 Å². The highest BCUT2D eigenvalue weighted by molar-refractivity contribution is 5.71. The molecule has 3 rings (SSSR count). The number of benzene rings is 1. The second-order valence-electron chi connectivity index (χ2n) is 5.12. The molecule has 106 valence electrons. The molecule has 3 nitrogen and oxygen atoms in total. The Morgan fingerprint density at radius 2 is 2.00 bits per heavy atom. The summed E-state index contributed by atoms with van der Waals surface area (Å²) in [4.78, 5) is 4.44. The van der Waals surface area contributed by atoms with Gasteiger partial charge in [0.1, 0.15) is 17.3 Å². The molecule has 2 aromatic rings. The lowest BCUT2D eigenvalue weighted by molar-refractivity contribution is -0.137. The third kappa shape index (κ3) is 2.15. The lowest BCUT2D eigenvalue weighted by Gasteiger charge is -2.08. The van der Waals surface area contributed by atoms with Gasteiger partial charge in [0.05, 0.1) is 5.56 Å². The van der Waals surface area contributed by atoms with Crippen molar-refractivity contribution in [1.29, 1.82) is 0 Å². The Morgan fingerprint density at radius 1 is 1.30 bits per heavy atom. The van der Waals surface area contributed by atoms with Crippen molar-refractivity contribution < 1.29 is 13.2 Å². The molecule has 0 amide bonds. The minimum atomic E-state index is -4.36. The molecular formula is C14H14F3N3. The normalized spacial score (nSPS) is 15.6. The summed E-state index contributed by atoms with van der Waals surface area (Å²) in [5, 5.41) is 0. The van der Waals surface area contributed by atoms with Gasteiger partial charge in [0.25, 0.3) is 0 Å². The van der Waals surface area contributed by atoms with Gasteiger partial charge in [-0.1, -0.05) is 12.1 Å². The van der Waals surface area contributed by atoms with Crippen molar-refractivity contribution in [2.45, 2.75) is 24.9 Å². The quantitative estimate of drug-likeness (QED) is 0.914. The number of imidazole rings is 1. The zero-order valence-corrected chi connectivity index (χ0v) is 10.9. The van der Waals surface area contributed by atoms with E-state index in [1.165, 1.54) is 6.07 Å². The molecule has 0 saturated heterocycles. The fourth-order valence-corrected chi connectivity index (χ4v) is 2.29. The molecule has 20 heavy (non-hydrogen) atoms. The summed E-state index contributed by atoms with van der Waals surface area (Å²) in [6, 6.07) is 5.12. The average molecular weight is 281 g/mol. The number of hydrogen-bond donors (Lipinski definition) is 1. The van der Waals surface area contributed by atoms with E-state index in [4.69, 9.17) is 5.73 Å². The number of alkyl halides is 3. The van der Waals surface area contributed by atoms with E-state index in [1.54, 1.807) is 17.7 Å². The van der Waals surface area contributed by atoms with Gasteiger partial charge < -0.3 is 10.3 Å². The Morgan fingerprint density at radius 3 is 2.60 bits per heavy atom. The van der Waals surface area contributed by atoms with E-state index in [-0.39, 0.29) is 0 Å². The molecule has 0 spiro atoms. The van der Waals surface area contributed by atoms with E-state index >= 15 is 0 Å². The molecule has 1 fully saturated rings. The molecule has 0 bridgehead atoms.